The molecular weight excluding hydrogens is 324 g/mol. The highest BCUT2D eigenvalue weighted by Gasteiger charge is 2.29. The van der Waals surface area contributed by atoms with Gasteiger partial charge in [0.15, 0.2) is 0 Å². The van der Waals surface area contributed by atoms with Gasteiger partial charge in [-0.1, -0.05) is 13.0 Å². The fourth-order valence-corrected chi connectivity index (χ4v) is 5.36. The standard InChI is InChI=1S/C18H26N2O3S/c1-2-16-9-3-4-11-19(16)18(21)15-8-7-10-17(14-15)20-12-5-6-13-24(20,22)23/h7-8,10,14,16H,2-6,9,11-13H2,1H3. The summed E-state index contributed by atoms with van der Waals surface area (Å²) in [6.45, 7) is 3.41. The van der Waals surface area contributed by atoms with Crippen LogP contribution in [-0.4, -0.2) is 44.1 Å². The molecule has 2 aliphatic heterocycles. The zero-order valence-electron chi connectivity index (χ0n) is 14.3. The van der Waals surface area contributed by atoms with Crippen molar-refractivity contribution >= 4 is 21.6 Å². The second-order valence-electron chi connectivity index (χ2n) is 6.70. The van der Waals surface area contributed by atoms with Crippen LogP contribution in [0.2, 0.25) is 0 Å². The van der Waals surface area contributed by atoms with Crippen LogP contribution >= 0.6 is 0 Å². The Bertz CT molecular complexity index is 702. The van der Waals surface area contributed by atoms with Crippen molar-refractivity contribution in [3.8, 4) is 0 Å². The van der Waals surface area contributed by atoms with Gasteiger partial charge in [-0.15, -0.1) is 0 Å². The maximum absolute atomic E-state index is 12.9. The predicted octanol–water partition coefficient (Wildman–Crippen LogP) is 3.02. The van der Waals surface area contributed by atoms with Gasteiger partial charge >= 0.3 is 0 Å². The zero-order chi connectivity index (χ0) is 17.2. The van der Waals surface area contributed by atoms with E-state index >= 15 is 0 Å². The van der Waals surface area contributed by atoms with Gasteiger partial charge in [-0.3, -0.25) is 9.10 Å². The van der Waals surface area contributed by atoms with Crippen molar-refractivity contribution in [3.05, 3.63) is 29.8 Å². The quantitative estimate of drug-likeness (QED) is 0.842. The first-order valence-corrected chi connectivity index (χ1v) is 10.6. The zero-order valence-corrected chi connectivity index (χ0v) is 15.1. The van der Waals surface area contributed by atoms with Gasteiger partial charge in [0, 0.05) is 24.7 Å². The third-order valence-electron chi connectivity index (χ3n) is 5.09. The van der Waals surface area contributed by atoms with Crippen molar-refractivity contribution in [2.45, 2.75) is 51.5 Å². The highest BCUT2D eigenvalue weighted by molar-refractivity contribution is 7.92. The number of hydrogen-bond donors (Lipinski definition) is 0. The fraction of sp³-hybridized carbons (Fsp3) is 0.611. The van der Waals surface area contributed by atoms with Gasteiger partial charge in [0.2, 0.25) is 10.0 Å². The summed E-state index contributed by atoms with van der Waals surface area (Å²) in [6.07, 6.45) is 5.82. The number of hydrogen-bond acceptors (Lipinski definition) is 3. The molecule has 0 radical (unpaired) electrons. The lowest BCUT2D eigenvalue weighted by molar-refractivity contribution is 0.0608. The maximum atomic E-state index is 12.9. The topological polar surface area (TPSA) is 57.7 Å². The molecule has 1 atom stereocenters. The normalized spacial score (nSPS) is 24.0. The van der Waals surface area contributed by atoms with Gasteiger partial charge in [0.05, 0.1) is 11.4 Å². The molecule has 0 aromatic heterocycles. The number of carbonyl (C=O) groups is 1. The van der Waals surface area contributed by atoms with Crippen molar-refractivity contribution in [2.75, 3.05) is 23.1 Å². The molecule has 1 aromatic carbocycles. The van der Waals surface area contributed by atoms with E-state index in [-0.39, 0.29) is 11.7 Å². The van der Waals surface area contributed by atoms with Crippen LogP contribution in [0.1, 0.15) is 55.8 Å². The van der Waals surface area contributed by atoms with Crippen LogP contribution in [-0.2, 0) is 10.0 Å². The SMILES string of the molecule is CCC1CCCCN1C(=O)c1cccc(N2CCCCS2(=O)=O)c1. The summed E-state index contributed by atoms with van der Waals surface area (Å²) in [6, 6.07) is 7.41. The molecule has 5 nitrogen and oxygen atoms in total. The lowest BCUT2D eigenvalue weighted by Gasteiger charge is -2.35. The van der Waals surface area contributed by atoms with Crippen LogP contribution < -0.4 is 4.31 Å². The first-order valence-electron chi connectivity index (χ1n) is 8.94. The summed E-state index contributed by atoms with van der Waals surface area (Å²) in [5.74, 6) is 0.215. The fourth-order valence-electron chi connectivity index (χ4n) is 3.73. The van der Waals surface area contributed by atoms with Crippen LogP contribution in [0.4, 0.5) is 5.69 Å². The molecular formula is C18H26N2O3S. The van der Waals surface area contributed by atoms with Crippen molar-refractivity contribution in [1.82, 2.24) is 4.90 Å². The van der Waals surface area contributed by atoms with E-state index in [1.54, 1.807) is 24.3 Å². The maximum Gasteiger partial charge on any atom is 0.254 e. The molecule has 0 aliphatic carbocycles. The Labute approximate surface area is 144 Å². The van der Waals surface area contributed by atoms with Gasteiger partial charge in [0.25, 0.3) is 5.91 Å². The van der Waals surface area contributed by atoms with Gasteiger partial charge in [-0.05, 0) is 56.7 Å². The number of benzene rings is 1. The third kappa shape index (κ3) is 3.43. The molecule has 2 heterocycles. The van der Waals surface area contributed by atoms with Crippen LogP contribution in [0.5, 0.6) is 0 Å². The third-order valence-corrected chi connectivity index (χ3v) is 6.96. The molecule has 24 heavy (non-hydrogen) atoms. The van der Waals surface area contributed by atoms with E-state index in [1.165, 1.54) is 10.7 Å². The molecule has 1 aromatic rings. The second-order valence-corrected chi connectivity index (χ2v) is 8.71. The number of sulfonamides is 1. The van der Waals surface area contributed by atoms with Gasteiger partial charge in [0.1, 0.15) is 0 Å². The lowest BCUT2D eigenvalue weighted by atomic mass is 9.99. The largest absolute Gasteiger partial charge is 0.336 e. The summed E-state index contributed by atoms with van der Waals surface area (Å²) in [5, 5.41) is 0. The molecule has 1 amide bonds. The Hall–Kier alpha value is -1.56. The minimum Gasteiger partial charge on any atom is -0.336 e. The van der Waals surface area contributed by atoms with E-state index in [1.807, 2.05) is 4.90 Å². The predicted molar refractivity (Wildman–Crippen MR) is 95.8 cm³/mol. The van der Waals surface area contributed by atoms with E-state index in [9.17, 15) is 13.2 Å². The number of piperidine rings is 1. The molecule has 3 rings (SSSR count). The average molecular weight is 350 g/mol. The second kappa shape index (κ2) is 7.13. The molecule has 2 saturated heterocycles. The van der Waals surface area contributed by atoms with E-state index in [4.69, 9.17) is 0 Å². The monoisotopic (exact) mass is 350 g/mol. The van der Waals surface area contributed by atoms with E-state index in [0.29, 0.717) is 30.3 Å². The number of carbonyl (C=O) groups excluding carboxylic acids is 1. The van der Waals surface area contributed by atoms with Gasteiger partial charge in [-0.25, -0.2) is 8.42 Å². The van der Waals surface area contributed by atoms with Gasteiger partial charge < -0.3 is 4.90 Å². The Morgan fingerprint density at radius 1 is 1.17 bits per heavy atom. The molecule has 0 saturated carbocycles. The first-order chi connectivity index (χ1) is 11.5. The van der Waals surface area contributed by atoms with Gasteiger partial charge in [-0.2, -0.15) is 0 Å². The van der Waals surface area contributed by atoms with E-state index in [2.05, 4.69) is 6.92 Å². The number of likely N-dealkylation sites (tertiary alicyclic amines) is 1. The van der Waals surface area contributed by atoms with Crippen LogP contribution in [0, 0.1) is 0 Å². The highest BCUT2D eigenvalue weighted by Crippen LogP contribution is 2.26. The summed E-state index contributed by atoms with van der Waals surface area (Å²) in [5.41, 5.74) is 1.21. The van der Waals surface area contributed by atoms with Crippen molar-refractivity contribution < 1.29 is 13.2 Å². The molecule has 0 N–H and O–H groups in total. The molecule has 6 heteroatoms. The minimum absolute atomic E-state index is 0.0257. The first kappa shape index (κ1) is 17.3. The smallest absolute Gasteiger partial charge is 0.254 e. The van der Waals surface area contributed by atoms with Crippen molar-refractivity contribution in [2.24, 2.45) is 0 Å². The Kier molecular flexibility index (Phi) is 5.13. The summed E-state index contributed by atoms with van der Waals surface area (Å²) < 4.78 is 26.0. The number of anilines is 1. The number of nitrogens with zero attached hydrogens (tertiary/aromatic N) is 2. The van der Waals surface area contributed by atoms with Crippen molar-refractivity contribution in [3.63, 3.8) is 0 Å². The summed E-state index contributed by atoms with van der Waals surface area (Å²) >= 11 is 0. The molecule has 132 valence electrons. The number of rotatable bonds is 3. The molecule has 2 fully saturated rings. The molecule has 2 aliphatic rings. The Morgan fingerprint density at radius 3 is 2.71 bits per heavy atom. The molecule has 1 unspecified atom stereocenters. The minimum atomic E-state index is -3.25. The average Bonchev–Trinajstić information content (AvgIpc) is 2.60. The van der Waals surface area contributed by atoms with Crippen LogP contribution in [0.3, 0.4) is 0 Å². The highest BCUT2D eigenvalue weighted by atomic mass is 32.2. The van der Waals surface area contributed by atoms with Crippen molar-refractivity contribution in [1.29, 1.82) is 0 Å². The lowest BCUT2D eigenvalue weighted by Crippen LogP contribution is -2.43. The van der Waals surface area contributed by atoms with E-state index in [0.717, 1.165) is 32.2 Å². The molecule has 0 bridgehead atoms. The van der Waals surface area contributed by atoms with Crippen LogP contribution in [0.25, 0.3) is 0 Å². The molecule has 0 spiro atoms. The summed E-state index contributed by atoms with van der Waals surface area (Å²) in [7, 11) is -3.25. The number of amides is 1. The Balaban J connectivity index is 1.86. The van der Waals surface area contributed by atoms with E-state index < -0.39 is 10.0 Å². The Morgan fingerprint density at radius 2 is 1.96 bits per heavy atom. The summed E-state index contributed by atoms with van der Waals surface area (Å²) in [4.78, 5) is 14.9. The van der Waals surface area contributed by atoms with Crippen LogP contribution in [0.15, 0.2) is 24.3 Å².